The summed E-state index contributed by atoms with van der Waals surface area (Å²) in [6, 6.07) is 8.11. The normalized spacial score (nSPS) is 29.1. The number of hydrogen-bond donors (Lipinski definition) is 1. The summed E-state index contributed by atoms with van der Waals surface area (Å²) in [5.41, 5.74) is 0.811. The lowest BCUT2D eigenvalue weighted by Crippen LogP contribution is -2.44. The third kappa shape index (κ3) is 2.64. The molecule has 0 aromatic heterocycles. The average Bonchev–Trinajstić information content (AvgIpc) is 2.77. The van der Waals surface area contributed by atoms with Crippen molar-refractivity contribution in [1.29, 1.82) is 0 Å². The molecule has 0 spiro atoms. The van der Waals surface area contributed by atoms with Gasteiger partial charge in [-0.25, -0.2) is 4.79 Å². The number of carbonyl (C=O) groups excluding carboxylic acids is 1. The molecule has 20 heavy (non-hydrogen) atoms. The third-order valence-corrected chi connectivity index (χ3v) is 4.93. The number of benzene rings is 1. The number of rotatable bonds is 1. The Labute approximate surface area is 125 Å². The monoisotopic (exact) mass is 292 g/mol. The molecule has 2 amide bonds. The van der Waals surface area contributed by atoms with E-state index in [1.165, 1.54) is 19.3 Å². The summed E-state index contributed by atoms with van der Waals surface area (Å²) in [7, 11) is 0. The summed E-state index contributed by atoms with van der Waals surface area (Å²) in [5.74, 6) is 0.703. The molecule has 0 bridgehead atoms. The minimum absolute atomic E-state index is 0.0363. The van der Waals surface area contributed by atoms with Gasteiger partial charge in [0.15, 0.2) is 0 Å². The van der Waals surface area contributed by atoms with E-state index >= 15 is 0 Å². The maximum atomic E-state index is 12.5. The van der Waals surface area contributed by atoms with Crippen molar-refractivity contribution < 1.29 is 4.79 Å². The number of halogens is 1. The van der Waals surface area contributed by atoms with Crippen molar-refractivity contribution in [2.75, 3.05) is 5.32 Å². The highest BCUT2D eigenvalue weighted by Gasteiger charge is 2.42. The van der Waals surface area contributed by atoms with Gasteiger partial charge in [-0.15, -0.1) is 0 Å². The van der Waals surface area contributed by atoms with Crippen LogP contribution in [0.2, 0.25) is 5.02 Å². The Kier molecular flexibility index (Phi) is 3.88. The molecule has 1 N–H and O–H groups in total. The minimum atomic E-state index is 0.0363. The second kappa shape index (κ2) is 5.65. The fourth-order valence-corrected chi connectivity index (χ4v) is 3.91. The van der Waals surface area contributed by atoms with Crippen LogP contribution in [0.1, 0.15) is 39.0 Å². The topological polar surface area (TPSA) is 32.3 Å². The van der Waals surface area contributed by atoms with E-state index in [1.807, 2.05) is 12.1 Å². The third-order valence-electron chi connectivity index (χ3n) is 4.67. The Bertz CT molecular complexity index is 488. The predicted molar refractivity (Wildman–Crippen MR) is 82.1 cm³/mol. The van der Waals surface area contributed by atoms with Crippen molar-refractivity contribution in [2.24, 2.45) is 5.92 Å². The number of fused-ring (bicyclic) bond motifs is 1. The summed E-state index contributed by atoms with van der Waals surface area (Å²) < 4.78 is 0. The van der Waals surface area contributed by atoms with E-state index in [-0.39, 0.29) is 6.03 Å². The highest BCUT2D eigenvalue weighted by Crippen LogP contribution is 2.39. The van der Waals surface area contributed by atoms with Crippen LogP contribution in [0, 0.1) is 5.92 Å². The van der Waals surface area contributed by atoms with Crippen LogP contribution in [-0.4, -0.2) is 23.0 Å². The second-order valence-electron chi connectivity index (χ2n) is 6.04. The summed E-state index contributed by atoms with van der Waals surface area (Å²) >= 11 is 5.87. The van der Waals surface area contributed by atoms with E-state index < -0.39 is 0 Å². The van der Waals surface area contributed by atoms with Crippen molar-refractivity contribution >= 4 is 23.3 Å². The van der Waals surface area contributed by atoms with Gasteiger partial charge >= 0.3 is 6.03 Å². The molecule has 2 fully saturated rings. The molecular weight excluding hydrogens is 272 g/mol. The van der Waals surface area contributed by atoms with E-state index in [9.17, 15) is 4.79 Å². The summed E-state index contributed by atoms with van der Waals surface area (Å²) in [6.45, 7) is 2.17. The molecule has 1 aromatic carbocycles. The fraction of sp³-hybridized carbons (Fsp3) is 0.562. The predicted octanol–water partition coefficient (Wildman–Crippen LogP) is 4.52. The van der Waals surface area contributed by atoms with Crippen LogP contribution >= 0.6 is 11.6 Å². The van der Waals surface area contributed by atoms with Crippen LogP contribution in [0.5, 0.6) is 0 Å². The van der Waals surface area contributed by atoms with E-state index in [4.69, 9.17) is 11.6 Å². The SMILES string of the molecule is C[C@@H]1C[C@@H]2CCCC[C@@H]2N1C(=O)Nc1ccc(Cl)cc1. The lowest BCUT2D eigenvalue weighted by Gasteiger charge is -2.33. The molecule has 0 unspecified atom stereocenters. The molecule has 108 valence electrons. The first-order chi connectivity index (χ1) is 9.65. The van der Waals surface area contributed by atoms with Gasteiger partial charge in [0.1, 0.15) is 0 Å². The molecule has 1 aliphatic carbocycles. The van der Waals surface area contributed by atoms with Crippen LogP contribution in [0.15, 0.2) is 24.3 Å². The average molecular weight is 293 g/mol. The first kappa shape index (κ1) is 13.7. The fourth-order valence-electron chi connectivity index (χ4n) is 3.78. The van der Waals surface area contributed by atoms with Crippen molar-refractivity contribution in [3.8, 4) is 0 Å². The first-order valence-electron chi connectivity index (χ1n) is 7.50. The number of anilines is 1. The van der Waals surface area contributed by atoms with Crippen LogP contribution in [0.25, 0.3) is 0 Å². The Morgan fingerprint density at radius 3 is 2.70 bits per heavy atom. The Morgan fingerprint density at radius 2 is 1.95 bits per heavy atom. The van der Waals surface area contributed by atoms with E-state index in [0.29, 0.717) is 23.0 Å². The number of likely N-dealkylation sites (tertiary alicyclic amines) is 1. The first-order valence-corrected chi connectivity index (χ1v) is 7.88. The maximum Gasteiger partial charge on any atom is 0.322 e. The Hall–Kier alpha value is -1.22. The summed E-state index contributed by atoms with van der Waals surface area (Å²) in [6.07, 6.45) is 6.15. The largest absolute Gasteiger partial charge is 0.322 e. The number of nitrogens with one attached hydrogen (secondary N) is 1. The van der Waals surface area contributed by atoms with Crippen molar-refractivity contribution in [2.45, 2.75) is 51.1 Å². The van der Waals surface area contributed by atoms with E-state index in [2.05, 4.69) is 17.1 Å². The van der Waals surface area contributed by atoms with Gasteiger partial charge < -0.3 is 10.2 Å². The molecule has 1 aromatic rings. The molecule has 3 atom stereocenters. The standard InChI is InChI=1S/C16H21ClN2O/c1-11-10-12-4-2-3-5-15(12)19(11)16(20)18-14-8-6-13(17)7-9-14/h6-9,11-12,15H,2-5,10H2,1H3,(H,18,20)/t11-,12+,15+/m1/s1. The van der Waals surface area contributed by atoms with Gasteiger partial charge in [0.05, 0.1) is 0 Å². The van der Waals surface area contributed by atoms with Crippen molar-refractivity contribution in [3.05, 3.63) is 29.3 Å². The number of nitrogens with zero attached hydrogens (tertiary/aromatic N) is 1. The number of hydrogen-bond acceptors (Lipinski definition) is 1. The van der Waals surface area contributed by atoms with Gasteiger partial charge in [-0.2, -0.15) is 0 Å². The molecule has 3 nitrogen and oxygen atoms in total. The molecule has 0 radical (unpaired) electrons. The molecule has 4 heteroatoms. The van der Waals surface area contributed by atoms with Gasteiger partial charge in [-0.05, 0) is 56.4 Å². The molecule has 1 heterocycles. The smallest absolute Gasteiger partial charge is 0.319 e. The van der Waals surface area contributed by atoms with Gasteiger partial charge in [-0.3, -0.25) is 0 Å². The van der Waals surface area contributed by atoms with Crippen molar-refractivity contribution in [1.82, 2.24) is 4.90 Å². The number of amides is 2. The van der Waals surface area contributed by atoms with Crippen LogP contribution < -0.4 is 5.32 Å². The summed E-state index contributed by atoms with van der Waals surface area (Å²) in [4.78, 5) is 14.6. The molecule has 2 aliphatic rings. The highest BCUT2D eigenvalue weighted by molar-refractivity contribution is 6.30. The van der Waals surface area contributed by atoms with Crippen LogP contribution in [0.4, 0.5) is 10.5 Å². The van der Waals surface area contributed by atoms with Gasteiger partial charge in [0.25, 0.3) is 0 Å². The molecule has 1 saturated heterocycles. The molecule has 1 aliphatic heterocycles. The quantitative estimate of drug-likeness (QED) is 0.810. The van der Waals surface area contributed by atoms with Gasteiger partial charge in [0, 0.05) is 22.8 Å². The number of urea groups is 1. The zero-order valence-corrected chi connectivity index (χ0v) is 12.6. The Balaban J connectivity index is 1.71. The Morgan fingerprint density at radius 1 is 1.25 bits per heavy atom. The van der Waals surface area contributed by atoms with Gasteiger partial charge in [-0.1, -0.05) is 24.4 Å². The van der Waals surface area contributed by atoms with Crippen LogP contribution in [-0.2, 0) is 0 Å². The van der Waals surface area contributed by atoms with Gasteiger partial charge in [0.2, 0.25) is 0 Å². The van der Waals surface area contributed by atoms with Crippen LogP contribution in [0.3, 0.4) is 0 Å². The number of carbonyl (C=O) groups is 1. The van der Waals surface area contributed by atoms with E-state index in [0.717, 1.165) is 18.5 Å². The van der Waals surface area contributed by atoms with Crippen molar-refractivity contribution in [3.63, 3.8) is 0 Å². The highest BCUT2D eigenvalue weighted by atomic mass is 35.5. The second-order valence-corrected chi connectivity index (χ2v) is 6.48. The minimum Gasteiger partial charge on any atom is -0.319 e. The molecular formula is C16H21ClN2O. The maximum absolute atomic E-state index is 12.5. The van der Waals surface area contributed by atoms with E-state index in [1.54, 1.807) is 12.1 Å². The lowest BCUT2D eigenvalue weighted by molar-refractivity contribution is 0.168. The molecule has 3 rings (SSSR count). The molecule has 1 saturated carbocycles. The lowest BCUT2D eigenvalue weighted by atomic mass is 9.85. The summed E-state index contributed by atoms with van der Waals surface area (Å²) in [5, 5.41) is 3.69. The zero-order chi connectivity index (χ0) is 14.1. The zero-order valence-electron chi connectivity index (χ0n) is 11.8.